The smallest absolute Gasteiger partial charge is 0.193 e. The highest BCUT2D eigenvalue weighted by molar-refractivity contribution is 14.0. The molecule has 170 valence electrons. The fourth-order valence-corrected chi connectivity index (χ4v) is 4.11. The number of methoxy groups -OCH3 is 1. The van der Waals surface area contributed by atoms with E-state index in [9.17, 15) is 0 Å². The normalized spacial score (nSPS) is 20.0. The summed E-state index contributed by atoms with van der Waals surface area (Å²) in [6, 6.07) is 8.38. The van der Waals surface area contributed by atoms with Crippen LogP contribution < -0.4 is 15.0 Å². The van der Waals surface area contributed by atoms with E-state index in [1.54, 1.807) is 7.11 Å². The van der Waals surface area contributed by atoms with E-state index in [1.807, 2.05) is 19.2 Å². The number of hydrogen-bond donors (Lipinski definition) is 1. The zero-order chi connectivity index (χ0) is 20.5. The summed E-state index contributed by atoms with van der Waals surface area (Å²) in [4.78, 5) is 11.7. The van der Waals surface area contributed by atoms with E-state index in [-0.39, 0.29) is 24.0 Å². The van der Waals surface area contributed by atoms with Crippen LogP contribution in [0.3, 0.4) is 0 Å². The van der Waals surface area contributed by atoms with E-state index >= 15 is 0 Å². The number of nitrogens with zero attached hydrogens (tertiary/aromatic N) is 4. The fraction of sp³-hybridized carbons (Fsp3) is 0.682. The Kier molecular flexibility index (Phi) is 11.0. The number of aliphatic imine (C=N–C) groups is 1. The molecule has 0 saturated carbocycles. The van der Waals surface area contributed by atoms with Crippen molar-refractivity contribution < 1.29 is 9.47 Å². The van der Waals surface area contributed by atoms with Gasteiger partial charge in [0.25, 0.3) is 0 Å². The molecule has 2 fully saturated rings. The van der Waals surface area contributed by atoms with Crippen molar-refractivity contribution in [2.75, 3.05) is 85.1 Å². The lowest BCUT2D eigenvalue weighted by molar-refractivity contribution is 0.181. The summed E-state index contributed by atoms with van der Waals surface area (Å²) in [5.74, 6) is 2.53. The maximum atomic E-state index is 5.48. The first-order valence-corrected chi connectivity index (χ1v) is 10.8. The van der Waals surface area contributed by atoms with Crippen molar-refractivity contribution >= 4 is 35.6 Å². The zero-order valence-electron chi connectivity index (χ0n) is 18.7. The van der Waals surface area contributed by atoms with Gasteiger partial charge >= 0.3 is 0 Å². The van der Waals surface area contributed by atoms with Crippen molar-refractivity contribution in [1.29, 1.82) is 0 Å². The van der Waals surface area contributed by atoms with Gasteiger partial charge in [-0.15, -0.1) is 24.0 Å². The highest BCUT2D eigenvalue weighted by Crippen LogP contribution is 2.20. The lowest BCUT2D eigenvalue weighted by Gasteiger charge is -2.36. The monoisotopic (exact) mass is 531 g/mol. The summed E-state index contributed by atoms with van der Waals surface area (Å²) in [5.41, 5.74) is 1.28. The fourth-order valence-electron chi connectivity index (χ4n) is 4.11. The van der Waals surface area contributed by atoms with E-state index in [2.05, 4.69) is 44.2 Å². The van der Waals surface area contributed by atoms with Gasteiger partial charge in [-0.3, -0.25) is 9.89 Å². The molecule has 30 heavy (non-hydrogen) atoms. The molecule has 2 aliphatic heterocycles. The third-order valence-corrected chi connectivity index (χ3v) is 5.87. The van der Waals surface area contributed by atoms with Crippen molar-refractivity contribution in [3.63, 3.8) is 0 Å². The van der Waals surface area contributed by atoms with Crippen LogP contribution >= 0.6 is 24.0 Å². The van der Waals surface area contributed by atoms with Gasteiger partial charge in [0.1, 0.15) is 5.75 Å². The average Bonchev–Trinajstić information content (AvgIpc) is 3.27. The number of piperazine rings is 1. The zero-order valence-corrected chi connectivity index (χ0v) is 21.0. The van der Waals surface area contributed by atoms with Crippen molar-refractivity contribution in [3.8, 4) is 5.75 Å². The Morgan fingerprint density at radius 1 is 1.23 bits per heavy atom. The van der Waals surface area contributed by atoms with Crippen molar-refractivity contribution in [3.05, 3.63) is 24.3 Å². The quantitative estimate of drug-likeness (QED) is 0.241. The minimum atomic E-state index is 0. The van der Waals surface area contributed by atoms with Crippen LogP contribution in [0.2, 0.25) is 0 Å². The first kappa shape index (κ1) is 25.0. The number of guanidine groups is 1. The van der Waals surface area contributed by atoms with E-state index in [1.165, 1.54) is 5.69 Å². The SMILES string of the molecule is CN=C(NCCCN1CCN(c2ccc(OC)cc2)CC1)N(C)CC1CCOC1.I. The van der Waals surface area contributed by atoms with Crippen molar-refractivity contribution in [2.45, 2.75) is 12.8 Å². The lowest BCUT2D eigenvalue weighted by atomic mass is 10.1. The molecule has 1 aromatic carbocycles. The van der Waals surface area contributed by atoms with E-state index in [0.29, 0.717) is 5.92 Å². The van der Waals surface area contributed by atoms with Crippen molar-refractivity contribution in [1.82, 2.24) is 15.1 Å². The molecule has 0 radical (unpaired) electrons. The minimum absolute atomic E-state index is 0. The van der Waals surface area contributed by atoms with Gasteiger partial charge < -0.3 is 24.6 Å². The molecule has 2 aliphatic rings. The molecule has 0 aromatic heterocycles. The van der Waals surface area contributed by atoms with Gasteiger partial charge in [0, 0.05) is 71.6 Å². The first-order valence-electron chi connectivity index (χ1n) is 10.8. The number of rotatable bonds is 8. The van der Waals surface area contributed by atoms with E-state index < -0.39 is 0 Å². The van der Waals surface area contributed by atoms with Crippen LogP contribution in [0.5, 0.6) is 5.75 Å². The Bertz CT molecular complexity index is 629. The second-order valence-electron chi connectivity index (χ2n) is 7.96. The molecular formula is C22H38IN5O2. The summed E-state index contributed by atoms with van der Waals surface area (Å²) >= 11 is 0. The van der Waals surface area contributed by atoms with Crippen LogP contribution in [0, 0.1) is 5.92 Å². The number of benzene rings is 1. The van der Waals surface area contributed by atoms with Crippen LogP contribution in [-0.4, -0.2) is 96.0 Å². The number of anilines is 1. The Morgan fingerprint density at radius 2 is 1.97 bits per heavy atom. The van der Waals surface area contributed by atoms with Crippen LogP contribution in [-0.2, 0) is 4.74 Å². The molecule has 1 atom stereocenters. The molecule has 0 amide bonds. The van der Waals surface area contributed by atoms with Gasteiger partial charge in [-0.1, -0.05) is 0 Å². The summed E-state index contributed by atoms with van der Waals surface area (Å²) in [6.45, 7) is 9.25. The van der Waals surface area contributed by atoms with Crippen LogP contribution in [0.15, 0.2) is 29.3 Å². The Labute approximate surface area is 198 Å². The average molecular weight is 531 g/mol. The van der Waals surface area contributed by atoms with Crippen molar-refractivity contribution in [2.24, 2.45) is 10.9 Å². The second-order valence-corrected chi connectivity index (χ2v) is 7.96. The molecule has 1 unspecified atom stereocenters. The largest absolute Gasteiger partial charge is 0.497 e. The predicted octanol–water partition coefficient (Wildman–Crippen LogP) is 2.37. The standard InChI is InChI=1S/C22H37N5O2.HI/c1-23-22(25(2)17-19-9-16-29-18-19)24-10-4-11-26-12-14-27(15-13-26)20-5-7-21(28-3)8-6-20;/h5-8,19H,4,9-18H2,1-3H3,(H,23,24);1H. The summed E-state index contributed by atoms with van der Waals surface area (Å²) in [6.07, 6.45) is 2.28. The molecule has 3 rings (SSSR count). The second kappa shape index (κ2) is 13.2. The molecule has 0 spiro atoms. The van der Waals surface area contributed by atoms with E-state index in [0.717, 1.165) is 83.6 Å². The van der Waals surface area contributed by atoms with Crippen LogP contribution in [0.1, 0.15) is 12.8 Å². The van der Waals surface area contributed by atoms with Gasteiger partial charge in [0.15, 0.2) is 5.96 Å². The third kappa shape index (κ3) is 7.46. The molecular weight excluding hydrogens is 493 g/mol. The van der Waals surface area contributed by atoms with Crippen LogP contribution in [0.4, 0.5) is 5.69 Å². The lowest BCUT2D eigenvalue weighted by Crippen LogP contribution is -2.47. The highest BCUT2D eigenvalue weighted by Gasteiger charge is 2.19. The van der Waals surface area contributed by atoms with E-state index in [4.69, 9.17) is 9.47 Å². The molecule has 0 aliphatic carbocycles. The number of hydrogen-bond acceptors (Lipinski definition) is 5. The molecule has 2 heterocycles. The minimum Gasteiger partial charge on any atom is -0.497 e. The Morgan fingerprint density at radius 3 is 2.57 bits per heavy atom. The maximum absolute atomic E-state index is 5.48. The Balaban J connectivity index is 0.00000320. The molecule has 1 aromatic rings. The van der Waals surface area contributed by atoms with Gasteiger partial charge in [0.05, 0.1) is 13.7 Å². The number of ether oxygens (including phenoxy) is 2. The molecule has 0 bridgehead atoms. The molecule has 1 N–H and O–H groups in total. The predicted molar refractivity (Wildman–Crippen MR) is 135 cm³/mol. The third-order valence-electron chi connectivity index (χ3n) is 5.87. The highest BCUT2D eigenvalue weighted by atomic mass is 127. The van der Waals surface area contributed by atoms with Gasteiger partial charge in [-0.05, 0) is 43.7 Å². The summed E-state index contributed by atoms with van der Waals surface area (Å²) < 4.78 is 10.7. The Hall–Kier alpha value is -1.26. The molecule has 8 heteroatoms. The molecule has 7 nitrogen and oxygen atoms in total. The first-order chi connectivity index (χ1) is 14.2. The maximum Gasteiger partial charge on any atom is 0.193 e. The van der Waals surface area contributed by atoms with Crippen LogP contribution in [0.25, 0.3) is 0 Å². The topological polar surface area (TPSA) is 52.6 Å². The van der Waals surface area contributed by atoms with Gasteiger partial charge in [0.2, 0.25) is 0 Å². The summed E-state index contributed by atoms with van der Waals surface area (Å²) in [7, 11) is 5.69. The van der Waals surface area contributed by atoms with Gasteiger partial charge in [-0.2, -0.15) is 0 Å². The van der Waals surface area contributed by atoms with Gasteiger partial charge in [-0.25, -0.2) is 0 Å². The summed E-state index contributed by atoms with van der Waals surface area (Å²) in [5, 5.41) is 3.51. The molecule has 2 saturated heterocycles. The number of halogens is 1. The number of nitrogens with one attached hydrogen (secondary N) is 1.